The van der Waals surface area contributed by atoms with Crippen LogP contribution in [0, 0.1) is 0 Å². The number of hydrogen-bond donors (Lipinski definition) is 4. The van der Waals surface area contributed by atoms with Crippen LogP contribution in [0.5, 0.6) is 0 Å². The number of aliphatic hydroxyl groups is 2. The molecule has 0 aliphatic heterocycles. The summed E-state index contributed by atoms with van der Waals surface area (Å²) in [5.74, 6) is 0.00153. The van der Waals surface area contributed by atoms with Crippen molar-refractivity contribution in [3.63, 3.8) is 0 Å². The molecule has 0 fully saturated rings. The van der Waals surface area contributed by atoms with Gasteiger partial charge in [0, 0.05) is 24.2 Å². The molecule has 0 saturated heterocycles. The van der Waals surface area contributed by atoms with E-state index in [4.69, 9.17) is 4.74 Å². The molecule has 3 aromatic rings. The van der Waals surface area contributed by atoms with Gasteiger partial charge in [0.2, 0.25) is 0 Å². The van der Waals surface area contributed by atoms with Crippen molar-refractivity contribution in [3.05, 3.63) is 77.6 Å². The first-order valence-corrected chi connectivity index (χ1v) is 9.59. The van der Waals surface area contributed by atoms with Crippen molar-refractivity contribution in [3.8, 4) is 11.1 Å². The first-order chi connectivity index (χ1) is 14.1. The van der Waals surface area contributed by atoms with Gasteiger partial charge in [0.15, 0.2) is 0 Å². The number of hydrogen-bond acceptors (Lipinski definition) is 5. The van der Waals surface area contributed by atoms with Gasteiger partial charge in [-0.3, -0.25) is 5.10 Å². The fourth-order valence-electron chi connectivity index (χ4n) is 3.77. The first-order valence-electron chi connectivity index (χ1n) is 9.59. The Morgan fingerprint density at radius 3 is 2.38 bits per heavy atom. The van der Waals surface area contributed by atoms with Gasteiger partial charge in [-0.25, -0.2) is 4.79 Å². The quantitative estimate of drug-likeness (QED) is 0.494. The van der Waals surface area contributed by atoms with Crippen LogP contribution in [-0.2, 0) is 4.74 Å². The number of ether oxygens (including phenoxy) is 1. The lowest BCUT2D eigenvalue weighted by atomic mass is 9.98. The Morgan fingerprint density at radius 2 is 1.76 bits per heavy atom. The maximum atomic E-state index is 12.1. The van der Waals surface area contributed by atoms with Crippen LogP contribution in [0.4, 0.5) is 4.79 Å². The van der Waals surface area contributed by atoms with Crippen molar-refractivity contribution in [1.82, 2.24) is 15.5 Å². The molecule has 4 N–H and O–H groups in total. The van der Waals surface area contributed by atoms with Crippen LogP contribution in [0.2, 0.25) is 0 Å². The first kappa shape index (κ1) is 19.2. The lowest BCUT2D eigenvalue weighted by molar-refractivity contribution is 0.0137. The highest BCUT2D eigenvalue weighted by molar-refractivity contribution is 5.79. The van der Waals surface area contributed by atoms with Gasteiger partial charge >= 0.3 is 6.09 Å². The Balaban J connectivity index is 1.29. The minimum Gasteiger partial charge on any atom is -0.449 e. The van der Waals surface area contributed by atoms with E-state index in [1.165, 1.54) is 23.5 Å². The topological polar surface area (TPSA) is 107 Å². The zero-order valence-corrected chi connectivity index (χ0v) is 15.8. The molecule has 0 bridgehead atoms. The largest absolute Gasteiger partial charge is 0.449 e. The summed E-state index contributed by atoms with van der Waals surface area (Å²) in [6.45, 7) is 0.423. The van der Waals surface area contributed by atoms with Crippen molar-refractivity contribution in [2.24, 2.45) is 0 Å². The molecule has 1 aliphatic carbocycles. The maximum absolute atomic E-state index is 12.1. The number of amides is 1. The molecule has 2 atom stereocenters. The normalized spacial score (nSPS) is 14.7. The van der Waals surface area contributed by atoms with E-state index in [9.17, 15) is 15.0 Å². The number of carbonyl (C=O) groups is 1. The highest BCUT2D eigenvalue weighted by atomic mass is 16.5. The number of fused-ring (bicyclic) bond motifs is 3. The van der Waals surface area contributed by atoms with Gasteiger partial charge in [0.05, 0.1) is 12.3 Å². The van der Waals surface area contributed by atoms with Gasteiger partial charge in [-0.05, 0) is 28.7 Å². The number of aromatic nitrogens is 2. The Bertz CT molecular complexity index is 928. The molecule has 0 radical (unpaired) electrons. The average Bonchev–Trinajstić information content (AvgIpc) is 3.38. The molecule has 150 valence electrons. The average molecular weight is 393 g/mol. The Morgan fingerprint density at radius 1 is 1.10 bits per heavy atom. The molecule has 2 unspecified atom stereocenters. The summed E-state index contributed by atoms with van der Waals surface area (Å²) in [6.07, 6.45) is 0.549. The summed E-state index contributed by atoms with van der Waals surface area (Å²) >= 11 is 0. The molecular formula is C22H23N3O4. The molecule has 1 aromatic heterocycles. The summed E-state index contributed by atoms with van der Waals surface area (Å²) in [6, 6.07) is 16.3. The monoisotopic (exact) mass is 393 g/mol. The molecule has 7 nitrogen and oxygen atoms in total. The van der Waals surface area contributed by atoms with E-state index >= 15 is 0 Å². The predicted molar refractivity (Wildman–Crippen MR) is 107 cm³/mol. The van der Waals surface area contributed by atoms with Gasteiger partial charge in [-0.1, -0.05) is 48.5 Å². The predicted octanol–water partition coefficient (Wildman–Crippen LogP) is 2.73. The molecule has 1 heterocycles. The van der Waals surface area contributed by atoms with Crippen molar-refractivity contribution < 1.29 is 19.7 Å². The minimum atomic E-state index is -1.06. The standard InChI is InChI=1S/C22H23N3O4/c26-20(21(27)14-11-24-25-12-14)9-10-23-22(28)29-13-19-17-7-3-1-5-15(17)16-6-2-4-8-18(16)19/h1-8,11-12,19-21,26-27H,9-10,13H2,(H,23,28)(H,24,25). The smallest absolute Gasteiger partial charge is 0.407 e. The number of nitrogens with one attached hydrogen (secondary N) is 2. The summed E-state index contributed by atoms with van der Waals surface area (Å²) in [5.41, 5.74) is 5.15. The number of carbonyl (C=O) groups excluding carboxylic acids is 1. The SMILES string of the molecule is O=C(NCCC(O)C(O)c1cn[nH]c1)OCC1c2ccccc2-c2ccccc21. The number of H-pyrrole nitrogens is 1. The third-order valence-electron chi connectivity index (χ3n) is 5.28. The van der Waals surface area contributed by atoms with Crippen LogP contribution in [0.25, 0.3) is 11.1 Å². The van der Waals surface area contributed by atoms with Gasteiger partial charge < -0.3 is 20.3 Å². The summed E-state index contributed by atoms with van der Waals surface area (Å²) in [4.78, 5) is 12.1. The number of alkyl carbamates (subject to hydrolysis) is 1. The van der Waals surface area contributed by atoms with Crippen molar-refractivity contribution in [2.75, 3.05) is 13.2 Å². The Kier molecular flexibility index (Phi) is 5.59. The van der Waals surface area contributed by atoms with Crippen LogP contribution in [0.3, 0.4) is 0 Å². The lowest BCUT2D eigenvalue weighted by Crippen LogP contribution is -2.30. The molecule has 1 amide bonds. The van der Waals surface area contributed by atoms with E-state index in [1.807, 2.05) is 24.3 Å². The van der Waals surface area contributed by atoms with Gasteiger partial charge in [-0.15, -0.1) is 0 Å². The summed E-state index contributed by atoms with van der Waals surface area (Å²) in [5, 5.41) is 29.0. The van der Waals surface area contributed by atoms with Gasteiger partial charge in [-0.2, -0.15) is 5.10 Å². The molecule has 29 heavy (non-hydrogen) atoms. The molecular weight excluding hydrogens is 370 g/mol. The van der Waals surface area contributed by atoms with Gasteiger partial charge in [0.25, 0.3) is 0 Å². The van der Waals surface area contributed by atoms with E-state index in [2.05, 4.69) is 39.8 Å². The van der Waals surface area contributed by atoms with Gasteiger partial charge in [0.1, 0.15) is 12.7 Å². The van der Waals surface area contributed by atoms with Crippen LogP contribution in [0.1, 0.15) is 35.1 Å². The van der Waals surface area contributed by atoms with E-state index in [-0.39, 0.29) is 25.5 Å². The van der Waals surface area contributed by atoms with Crippen molar-refractivity contribution >= 4 is 6.09 Å². The number of rotatable bonds is 7. The minimum absolute atomic E-state index is 0.00153. The molecule has 0 spiro atoms. The number of nitrogens with zero attached hydrogens (tertiary/aromatic N) is 1. The Labute approximate surface area is 168 Å². The third kappa shape index (κ3) is 4.01. The van der Waals surface area contributed by atoms with E-state index < -0.39 is 18.3 Å². The third-order valence-corrected chi connectivity index (χ3v) is 5.28. The fraction of sp³-hybridized carbons (Fsp3) is 0.273. The zero-order valence-electron chi connectivity index (χ0n) is 15.8. The Hall–Kier alpha value is -3.16. The number of aliphatic hydroxyl groups excluding tert-OH is 2. The summed E-state index contributed by atoms with van der Waals surface area (Å²) in [7, 11) is 0. The zero-order chi connectivity index (χ0) is 20.2. The van der Waals surface area contributed by atoms with E-state index in [1.54, 1.807) is 0 Å². The van der Waals surface area contributed by atoms with Crippen LogP contribution in [0.15, 0.2) is 60.9 Å². The van der Waals surface area contributed by atoms with Crippen LogP contribution >= 0.6 is 0 Å². The number of benzene rings is 2. The van der Waals surface area contributed by atoms with Crippen LogP contribution in [-0.4, -0.2) is 45.8 Å². The van der Waals surface area contributed by atoms with Crippen molar-refractivity contribution in [1.29, 1.82) is 0 Å². The number of aromatic amines is 1. The van der Waals surface area contributed by atoms with E-state index in [0.717, 1.165) is 11.1 Å². The second kappa shape index (κ2) is 8.46. The van der Waals surface area contributed by atoms with Crippen molar-refractivity contribution in [2.45, 2.75) is 24.5 Å². The second-order valence-electron chi connectivity index (χ2n) is 7.08. The van der Waals surface area contributed by atoms with Crippen LogP contribution < -0.4 is 5.32 Å². The highest BCUT2D eigenvalue weighted by Gasteiger charge is 2.29. The molecule has 2 aromatic carbocycles. The fourth-order valence-corrected chi connectivity index (χ4v) is 3.77. The molecule has 4 rings (SSSR count). The highest BCUT2D eigenvalue weighted by Crippen LogP contribution is 2.44. The molecule has 7 heteroatoms. The summed E-state index contributed by atoms with van der Waals surface area (Å²) < 4.78 is 5.45. The maximum Gasteiger partial charge on any atom is 0.407 e. The molecule has 1 aliphatic rings. The molecule has 0 saturated carbocycles. The second-order valence-corrected chi connectivity index (χ2v) is 7.08. The lowest BCUT2D eigenvalue weighted by Gasteiger charge is -2.17. The van der Waals surface area contributed by atoms with E-state index in [0.29, 0.717) is 5.56 Å².